The van der Waals surface area contributed by atoms with Crippen molar-refractivity contribution in [2.24, 2.45) is 0 Å². The highest BCUT2D eigenvalue weighted by molar-refractivity contribution is 7.83. The van der Waals surface area contributed by atoms with Crippen molar-refractivity contribution in [3.05, 3.63) is 59.5 Å². The Morgan fingerprint density at radius 1 is 1.06 bits per heavy atom. The van der Waals surface area contributed by atoms with Gasteiger partial charge in [-0.1, -0.05) is 6.07 Å². The number of benzene rings is 1. The van der Waals surface area contributed by atoms with E-state index in [0.29, 0.717) is 23.1 Å². The highest BCUT2D eigenvalue weighted by Crippen LogP contribution is 2.40. The summed E-state index contributed by atoms with van der Waals surface area (Å²) in [5, 5.41) is 0. The van der Waals surface area contributed by atoms with Crippen LogP contribution in [-0.2, 0) is 33.5 Å². The highest BCUT2D eigenvalue weighted by atomic mass is 32.2. The maximum Gasteiger partial charge on any atom is 0.260 e. The number of fused-ring (bicyclic) bond motifs is 2. The molecular formula is C24H23N5O3S. The van der Waals surface area contributed by atoms with E-state index in [1.807, 2.05) is 29.2 Å². The molecule has 9 heteroatoms. The van der Waals surface area contributed by atoms with Gasteiger partial charge in [0.25, 0.3) is 5.91 Å². The molecule has 3 aliphatic heterocycles. The first-order chi connectivity index (χ1) is 16.2. The molecule has 3 aromatic rings. The Bertz CT molecular complexity index is 1260. The predicted octanol–water partition coefficient (Wildman–Crippen LogP) is 2.61. The number of ether oxygens (including phenoxy) is 1. The van der Waals surface area contributed by atoms with Crippen LogP contribution in [0.15, 0.2) is 42.7 Å². The van der Waals surface area contributed by atoms with Gasteiger partial charge in [0.2, 0.25) is 0 Å². The van der Waals surface area contributed by atoms with Crippen LogP contribution in [0.25, 0.3) is 11.4 Å². The molecule has 0 bridgehead atoms. The third-order valence-corrected chi connectivity index (χ3v) is 7.60. The SMILES string of the molecule is O=C(COc1ccc2c(c1)N(c1nc(-c3ccncc3)nc3c1CS(=O)C3)CC2)N1CCC1. The van der Waals surface area contributed by atoms with E-state index in [0.717, 1.165) is 60.8 Å². The molecule has 2 aromatic heterocycles. The molecule has 6 rings (SSSR count). The quantitative estimate of drug-likeness (QED) is 0.577. The highest BCUT2D eigenvalue weighted by Gasteiger charge is 2.31. The summed E-state index contributed by atoms with van der Waals surface area (Å²) in [5.74, 6) is 3.03. The van der Waals surface area contributed by atoms with Gasteiger partial charge < -0.3 is 14.5 Å². The Morgan fingerprint density at radius 2 is 1.91 bits per heavy atom. The van der Waals surface area contributed by atoms with Gasteiger partial charge in [0.15, 0.2) is 12.4 Å². The van der Waals surface area contributed by atoms with E-state index in [-0.39, 0.29) is 12.5 Å². The van der Waals surface area contributed by atoms with Crippen LogP contribution in [-0.4, -0.2) is 56.2 Å². The van der Waals surface area contributed by atoms with Gasteiger partial charge in [0.1, 0.15) is 11.6 Å². The number of pyridine rings is 1. The molecule has 3 aliphatic rings. The summed E-state index contributed by atoms with van der Waals surface area (Å²) in [6.45, 7) is 2.46. The topological polar surface area (TPSA) is 88.5 Å². The molecular weight excluding hydrogens is 438 g/mol. The number of carbonyl (C=O) groups excluding carboxylic acids is 1. The van der Waals surface area contributed by atoms with Crippen LogP contribution >= 0.6 is 0 Å². The zero-order valence-electron chi connectivity index (χ0n) is 18.1. The lowest BCUT2D eigenvalue weighted by Crippen LogP contribution is -2.44. The van der Waals surface area contributed by atoms with Gasteiger partial charge in [0.05, 0.1) is 17.2 Å². The van der Waals surface area contributed by atoms with Gasteiger partial charge in [-0.05, 0) is 36.6 Å². The van der Waals surface area contributed by atoms with E-state index in [1.165, 1.54) is 5.56 Å². The normalized spacial score (nSPS) is 18.6. The van der Waals surface area contributed by atoms with Crippen molar-refractivity contribution in [3.8, 4) is 17.1 Å². The van der Waals surface area contributed by atoms with Gasteiger partial charge in [-0.15, -0.1) is 0 Å². The van der Waals surface area contributed by atoms with Crippen LogP contribution in [0, 0.1) is 0 Å². The van der Waals surface area contributed by atoms with Gasteiger partial charge in [-0.25, -0.2) is 9.97 Å². The fourth-order valence-corrected chi connectivity index (χ4v) is 5.74. The summed E-state index contributed by atoms with van der Waals surface area (Å²) in [6.07, 6.45) is 5.39. The lowest BCUT2D eigenvalue weighted by atomic mass is 10.1. The largest absolute Gasteiger partial charge is 0.484 e. The van der Waals surface area contributed by atoms with Crippen LogP contribution in [0.3, 0.4) is 0 Å². The second-order valence-electron chi connectivity index (χ2n) is 8.48. The zero-order chi connectivity index (χ0) is 22.4. The molecule has 1 aromatic carbocycles. The Morgan fingerprint density at radius 3 is 2.70 bits per heavy atom. The molecule has 1 saturated heterocycles. The van der Waals surface area contributed by atoms with Crippen molar-refractivity contribution in [1.82, 2.24) is 19.9 Å². The van der Waals surface area contributed by atoms with E-state index in [1.54, 1.807) is 12.4 Å². The lowest BCUT2D eigenvalue weighted by molar-refractivity contribution is -0.136. The van der Waals surface area contributed by atoms with E-state index in [9.17, 15) is 9.00 Å². The Kier molecular flexibility index (Phi) is 5.05. The molecule has 1 atom stereocenters. The van der Waals surface area contributed by atoms with Crippen LogP contribution in [0.4, 0.5) is 11.5 Å². The number of rotatable bonds is 5. The minimum atomic E-state index is -0.973. The molecule has 168 valence electrons. The second-order valence-corrected chi connectivity index (χ2v) is 9.93. The summed E-state index contributed by atoms with van der Waals surface area (Å²) in [5.41, 5.74) is 4.91. The predicted molar refractivity (Wildman–Crippen MR) is 125 cm³/mol. The average Bonchev–Trinajstić information content (AvgIpc) is 3.38. The monoisotopic (exact) mass is 461 g/mol. The van der Waals surface area contributed by atoms with Crippen LogP contribution in [0.1, 0.15) is 23.2 Å². The number of aromatic nitrogens is 3. The fraction of sp³-hybridized carbons (Fsp3) is 0.333. The molecule has 0 aliphatic carbocycles. The number of anilines is 2. The minimum Gasteiger partial charge on any atom is -0.484 e. The first-order valence-corrected chi connectivity index (χ1v) is 12.6. The van der Waals surface area contributed by atoms with Gasteiger partial charge in [0, 0.05) is 65.7 Å². The van der Waals surface area contributed by atoms with Crippen LogP contribution in [0.5, 0.6) is 5.75 Å². The Balaban J connectivity index is 1.34. The lowest BCUT2D eigenvalue weighted by Gasteiger charge is -2.30. The molecule has 0 radical (unpaired) electrons. The van der Waals surface area contributed by atoms with Crippen molar-refractivity contribution >= 4 is 28.2 Å². The number of likely N-dealkylation sites (tertiary alicyclic amines) is 1. The van der Waals surface area contributed by atoms with Crippen LogP contribution < -0.4 is 9.64 Å². The summed E-state index contributed by atoms with van der Waals surface area (Å²) in [7, 11) is -0.973. The fourth-order valence-electron chi connectivity index (χ4n) is 4.47. The molecule has 1 unspecified atom stereocenters. The molecule has 1 amide bonds. The number of hydrogen-bond donors (Lipinski definition) is 0. The van der Waals surface area contributed by atoms with Gasteiger partial charge >= 0.3 is 0 Å². The molecule has 33 heavy (non-hydrogen) atoms. The summed E-state index contributed by atoms with van der Waals surface area (Å²) in [4.78, 5) is 29.9. The smallest absolute Gasteiger partial charge is 0.260 e. The Hall–Kier alpha value is -3.33. The van der Waals surface area contributed by atoms with Gasteiger partial charge in [-0.3, -0.25) is 14.0 Å². The molecule has 8 nitrogen and oxygen atoms in total. The maximum atomic E-state index is 12.4. The van der Waals surface area contributed by atoms with Crippen molar-refractivity contribution < 1.29 is 13.7 Å². The first kappa shape index (κ1) is 20.3. The van der Waals surface area contributed by atoms with Crippen molar-refractivity contribution in [2.45, 2.75) is 24.3 Å². The molecule has 0 spiro atoms. The number of hydrogen-bond acceptors (Lipinski definition) is 7. The number of carbonyl (C=O) groups is 1. The number of nitrogens with zero attached hydrogens (tertiary/aromatic N) is 5. The molecule has 0 saturated carbocycles. The third kappa shape index (κ3) is 3.76. The average molecular weight is 462 g/mol. The molecule has 0 N–H and O–H groups in total. The minimum absolute atomic E-state index is 0.0247. The Labute approximate surface area is 194 Å². The zero-order valence-corrected chi connectivity index (χ0v) is 18.9. The standard InChI is InChI=1S/C24H23N5O3S/c30-22(28-9-1-10-28)13-32-18-3-2-16-6-11-29(21(16)12-18)24-19-14-33(31)15-20(19)26-23(27-24)17-4-7-25-8-5-17/h2-5,7-8,12H,1,6,9-11,13-15H2. The first-order valence-electron chi connectivity index (χ1n) is 11.1. The maximum absolute atomic E-state index is 12.4. The van der Waals surface area contributed by atoms with E-state index in [4.69, 9.17) is 14.7 Å². The van der Waals surface area contributed by atoms with E-state index in [2.05, 4.69) is 16.0 Å². The van der Waals surface area contributed by atoms with Crippen molar-refractivity contribution in [1.29, 1.82) is 0 Å². The summed E-state index contributed by atoms with van der Waals surface area (Å²) in [6, 6.07) is 9.74. The van der Waals surface area contributed by atoms with Gasteiger partial charge in [-0.2, -0.15) is 0 Å². The van der Waals surface area contributed by atoms with E-state index >= 15 is 0 Å². The number of amides is 1. The summed E-state index contributed by atoms with van der Waals surface area (Å²) >= 11 is 0. The van der Waals surface area contributed by atoms with E-state index < -0.39 is 10.8 Å². The second kappa shape index (κ2) is 8.22. The van der Waals surface area contributed by atoms with Crippen molar-refractivity contribution in [2.75, 3.05) is 31.1 Å². The van der Waals surface area contributed by atoms with Crippen molar-refractivity contribution in [3.63, 3.8) is 0 Å². The van der Waals surface area contributed by atoms with Crippen LogP contribution in [0.2, 0.25) is 0 Å². The summed E-state index contributed by atoms with van der Waals surface area (Å²) < 4.78 is 18.2. The molecule has 5 heterocycles. The molecule has 1 fully saturated rings. The third-order valence-electron chi connectivity index (χ3n) is 6.39.